The number of hydrogen-bond acceptors (Lipinski definition) is 4. The van der Waals surface area contributed by atoms with Crippen molar-refractivity contribution < 1.29 is 19.1 Å². The highest BCUT2D eigenvalue weighted by molar-refractivity contribution is 6.00. The summed E-state index contributed by atoms with van der Waals surface area (Å²) in [5, 5.41) is 0. The molecule has 0 aromatic carbocycles. The van der Waals surface area contributed by atoms with Gasteiger partial charge < -0.3 is 9.47 Å². The molecule has 4 heteroatoms. The van der Waals surface area contributed by atoms with E-state index in [9.17, 15) is 9.59 Å². The summed E-state index contributed by atoms with van der Waals surface area (Å²) in [6.45, 7) is 13.8. The van der Waals surface area contributed by atoms with Crippen LogP contribution in [-0.2, 0) is 19.1 Å². The summed E-state index contributed by atoms with van der Waals surface area (Å²) in [5.41, 5.74) is -1.26. The minimum absolute atomic E-state index is 0.247. The van der Waals surface area contributed by atoms with E-state index < -0.39 is 17.4 Å². The molecule has 0 amide bonds. The van der Waals surface area contributed by atoms with Crippen LogP contribution >= 0.6 is 0 Å². The van der Waals surface area contributed by atoms with E-state index in [0.29, 0.717) is 26.1 Å². The monoisotopic (exact) mass is 406 g/mol. The summed E-state index contributed by atoms with van der Waals surface area (Å²) in [7, 11) is 0. The summed E-state index contributed by atoms with van der Waals surface area (Å²) in [6.07, 6.45) is 16.8. The molecule has 0 spiro atoms. The summed E-state index contributed by atoms with van der Waals surface area (Å²) in [5.74, 6) is -0.942. The Labute approximate surface area is 178 Å². The number of rotatable bonds is 20. The van der Waals surface area contributed by atoms with E-state index in [4.69, 9.17) is 9.47 Å². The second-order valence-corrected chi connectivity index (χ2v) is 7.58. The number of carbonyl (C=O) groups excluding carboxylic acids is 2. The molecule has 0 aliphatic rings. The SMILES string of the molecule is C=CCCCCCCOC(=O)C(CC=C)(CCC)C(=O)OCCCCCCC=C. The molecule has 0 aliphatic heterocycles. The van der Waals surface area contributed by atoms with Crippen LogP contribution in [0.2, 0.25) is 0 Å². The van der Waals surface area contributed by atoms with Gasteiger partial charge in [-0.15, -0.1) is 19.7 Å². The Kier molecular flexibility index (Phi) is 17.1. The topological polar surface area (TPSA) is 52.6 Å². The molecule has 0 bridgehead atoms. The van der Waals surface area contributed by atoms with Gasteiger partial charge in [-0.05, 0) is 51.4 Å². The Morgan fingerprint density at radius 3 is 1.55 bits per heavy atom. The van der Waals surface area contributed by atoms with Gasteiger partial charge in [0.25, 0.3) is 0 Å². The quantitative estimate of drug-likeness (QED) is 0.0976. The smallest absolute Gasteiger partial charge is 0.323 e. The van der Waals surface area contributed by atoms with Crippen LogP contribution in [0.1, 0.15) is 90.4 Å². The first-order valence-electron chi connectivity index (χ1n) is 11.3. The zero-order valence-corrected chi connectivity index (χ0v) is 18.6. The predicted octanol–water partition coefficient (Wildman–Crippen LogP) is 6.71. The summed E-state index contributed by atoms with van der Waals surface area (Å²) < 4.78 is 11.0. The summed E-state index contributed by atoms with van der Waals surface area (Å²) in [6, 6.07) is 0. The minimum atomic E-state index is -1.26. The maximum absolute atomic E-state index is 12.8. The molecular weight excluding hydrogens is 364 g/mol. The molecule has 4 nitrogen and oxygen atoms in total. The first-order chi connectivity index (χ1) is 14.1. The Bertz CT molecular complexity index is 447. The van der Waals surface area contributed by atoms with Crippen molar-refractivity contribution in [2.75, 3.05) is 13.2 Å². The number of esters is 2. The van der Waals surface area contributed by atoms with Crippen molar-refractivity contribution in [1.82, 2.24) is 0 Å². The molecule has 0 saturated heterocycles. The van der Waals surface area contributed by atoms with Crippen molar-refractivity contribution in [2.24, 2.45) is 5.41 Å². The largest absolute Gasteiger partial charge is 0.465 e. The van der Waals surface area contributed by atoms with Gasteiger partial charge in [-0.1, -0.05) is 57.3 Å². The van der Waals surface area contributed by atoms with Crippen molar-refractivity contribution in [3.63, 3.8) is 0 Å². The van der Waals surface area contributed by atoms with E-state index in [1.807, 2.05) is 19.1 Å². The Balaban J connectivity index is 4.57. The molecule has 0 aromatic rings. The highest BCUT2D eigenvalue weighted by Gasteiger charge is 2.47. The van der Waals surface area contributed by atoms with Gasteiger partial charge in [0, 0.05) is 0 Å². The first-order valence-corrected chi connectivity index (χ1v) is 11.3. The fraction of sp³-hybridized carbons (Fsp3) is 0.680. The molecular formula is C25H42O4. The predicted molar refractivity (Wildman–Crippen MR) is 121 cm³/mol. The Morgan fingerprint density at radius 1 is 0.724 bits per heavy atom. The maximum atomic E-state index is 12.8. The highest BCUT2D eigenvalue weighted by atomic mass is 16.6. The van der Waals surface area contributed by atoms with Crippen LogP contribution in [0.3, 0.4) is 0 Å². The minimum Gasteiger partial charge on any atom is -0.465 e. The van der Waals surface area contributed by atoms with Gasteiger partial charge >= 0.3 is 11.9 Å². The van der Waals surface area contributed by atoms with E-state index in [1.54, 1.807) is 6.08 Å². The fourth-order valence-electron chi connectivity index (χ4n) is 3.32. The van der Waals surface area contributed by atoms with Gasteiger partial charge in [0.2, 0.25) is 0 Å². The Morgan fingerprint density at radius 2 is 1.17 bits per heavy atom. The van der Waals surface area contributed by atoms with Crippen molar-refractivity contribution in [1.29, 1.82) is 0 Å². The lowest BCUT2D eigenvalue weighted by molar-refractivity contribution is -0.173. The van der Waals surface area contributed by atoms with Crippen LogP contribution in [0.4, 0.5) is 0 Å². The van der Waals surface area contributed by atoms with Crippen LogP contribution in [0.5, 0.6) is 0 Å². The number of carbonyl (C=O) groups is 2. The van der Waals surface area contributed by atoms with E-state index in [0.717, 1.165) is 64.2 Å². The maximum Gasteiger partial charge on any atom is 0.323 e. The highest BCUT2D eigenvalue weighted by Crippen LogP contribution is 2.33. The van der Waals surface area contributed by atoms with Gasteiger partial charge in [-0.3, -0.25) is 9.59 Å². The molecule has 0 saturated carbocycles. The Hall–Kier alpha value is -1.84. The first kappa shape index (κ1) is 27.2. The number of allylic oxidation sites excluding steroid dienone is 3. The molecule has 0 rings (SSSR count). The van der Waals surface area contributed by atoms with Gasteiger partial charge in [0.15, 0.2) is 5.41 Å². The zero-order valence-electron chi connectivity index (χ0n) is 18.6. The number of ether oxygens (including phenoxy) is 2. The average Bonchev–Trinajstić information content (AvgIpc) is 2.71. The fourth-order valence-corrected chi connectivity index (χ4v) is 3.32. The van der Waals surface area contributed by atoms with E-state index in [2.05, 4.69) is 19.7 Å². The van der Waals surface area contributed by atoms with Crippen LogP contribution in [0.15, 0.2) is 38.0 Å². The van der Waals surface area contributed by atoms with E-state index >= 15 is 0 Å². The molecule has 0 aliphatic carbocycles. The third kappa shape index (κ3) is 11.7. The van der Waals surface area contributed by atoms with E-state index in [-0.39, 0.29) is 6.42 Å². The molecule has 0 unspecified atom stereocenters. The van der Waals surface area contributed by atoms with Gasteiger partial charge in [0.05, 0.1) is 13.2 Å². The van der Waals surface area contributed by atoms with Crippen LogP contribution < -0.4 is 0 Å². The zero-order chi connectivity index (χ0) is 21.8. The molecule has 0 fully saturated rings. The molecule has 0 heterocycles. The normalized spacial score (nSPS) is 10.9. The lowest BCUT2D eigenvalue weighted by atomic mass is 9.80. The average molecular weight is 407 g/mol. The lowest BCUT2D eigenvalue weighted by Gasteiger charge is -2.28. The second kappa shape index (κ2) is 18.2. The number of hydrogen-bond donors (Lipinski definition) is 0. The van der Waals surface area contributed by atoms with Crippen molar-refractivity contribution in [2.45, 2.75) is 90.4 Å². The number of unbranched alkanes of at least 4 members (excludes halogenated alkanes) is 8. The standard InChI is InChI=1S/C25H42O4/c1-5-9-11-13-15-17-21-28-23(26)25(19-7-3,20-8-4)24(27)29-22-18-16-14-12-10-6-2/h5-7H,1-3,8-22H2,4H3. The summed E-state index contributed by atoms with van der Waals surface area (Å²) in [4.78, 5) is 25.7. The van der Waals surface area contributed by atoms with Crippen LogP contribution in [0, 0.1) is 5.41 Å². The molecule has 0 N–H and O–H groups in total. The van der Waals surface area contributed by atoms with Crippen molar-refractivity contribution in [3.8, 4) is 0 Å². The molecule has 0 aromatic heterocycles. The van der Waals surface area contributed by atoms with Crippen LogP contribution in [0.25, 0.3) is 0 Å². The summed E-state index contributed by atoms with van der Waals surface area (Å²) >= 11 is 0. The molecule has 0 atom stereocenters. The van der Waals surface area contributed by atoms with Crippen molar-refractivity contribution in [3.05, 3.63) is 38.0 Å². The van der Waals surface area contributed by atoms with E-state index in [1.165, 1.54) is 0 Å². The van der Waals surface area contributed by atoms with Gasteiger partial charge in [-0.2, -0.15) is 0 Å². The van der Waals surface area contributed by atoms with Crippen LogP contribution in [-0.4, -0.2) is 25.2 Å². The molecule has 166 valence electrons. The van der Waals surface area contributed by atoms with Gasteiger partial charge in [0.1, 0.15) is 0 Å². The van der Waals surface area contributed by atoms with Gasteiger partial charge in [-0.25, -0.2) is 0 Å². The van der Waals surface area contributed by atoms with Crippen molar-refractivity contribution >= 4 is 11.9 Å². The third-order valence-electron chi connectivity index (χ3n) is 5.02. The second-order valence-electron chi connectivity index (χ2n) is 7.58. The molecule has 0 radical (unpaired) electrons. The lowest BCUT2D eigenvalue weighted by Crippen LogP contribution is -2.42. The third-order valence-corrected chi connectivity index (χ3v) is 5.02. The molecule has 29 heavy (non-hydrogen) atoms.